The van der Waals surface area contributed by atoms with E-state index in [1.165, 1.54) is 0 Å². The van der Waals surface area contributed by atoms with Gasteiger partial charge in [0.2, 0.25) is 5.91 Å². The maximum absolute atomic E-state index is 13.6. The number of carbonyl (C=O) groups excluding carboxylic acids is 1. The number of nitrogens with zero attached hydrogens (tertiary/aromatic N) is 1. The SMILES string of the molecule is C=C(C)C[C@@H]1N(c2cccc3ccccc23)C(=O)[C@@H]2[C@H](C(=O)O)[C@H]3C=C[C@]21O3. The van der Waals surface area contributed by atoms with Crippen LogP contribution in [-0.2, 0) is 14.3 Å². The molecule has 2 aromatic carbocycles. The van der Waals surface area contributed by atoms with E-state index in [9.17, 15) is 14.7 Å². The topological polar surface area (TPSA) is 66.8 Å². The van der Waals surface area contributed by atoms with Crippen molar-refractivity contribution in [3.63, 3.8) is 0 Å². The van der Waals surface area contributed by atoms with Gasteiger partial charge in [0.1, 0.15) is 11.5 Å². The number of hydrogen-bond acceptors (Lipinski definition) is 3. The molecule has 0 radical (unpaired) electrons. The summed E-state index contributed by atoms with van der Waals surface area (Å²) in [7, 11) is 0. The monoisotopic (exact) mass is 375 g/mol. The predicted molar refractivity (Wildman–Crippen MR) is 106 cm³/mol. The number of aliphatic carboxylic acids is 1. The molecular formula is C23H21NO4. The Morgan fingerprint density at radius 1 is 1.25 bits per heavy atom. The summed E-state index contributed by atoms with van der Waals surface area (Å²) in [6, 6.07) is 13.4. The molecule has 0 aromatic heterocycles. The van der Waals surface area contributed by atoms with Gasteiger partial charge in [-0.25, -0.2) is 0 Å². The number of amides is 1. The third-order valence-corrected chi connectivity index (χ3v) is 6.27. The first-order valence-electron chi connectivity index (χ1n) is 9.49. The maximum Gasteiger partial charge on any atom is 0.310 e. The first-order chi connectivity index (χ1) is 13.4. The minimum atomic E-state index is -0.983. The number of carboxylic acid groups (broad SMARTS) is 1. The van der Waals surface area contributed by atoms with Crippen LogP contribution in [0.4, 0.5) is 5.69 Å². The predicted octanol–water partition coefficient (Wildman–Crippen LogP) is 3.55. The Hall–Kier alpha value is -2.92. The lowest BCUT2D eigenvalue weighted by molar-refractivity contribution is -0.146. The van der Waals surface area contributed by atoms with Crippen molar-refractivity contribution in [2.75, 3.05) is 4.90 Å². The first kappa shape index (κ1) is 17.2. The normalized spacial score (nSPS) is 32.9. The maximum atomic E-state index is 13.6. The molecular weight excluding hydrogens is 354 g/mol. The fourth-order valence-electron chi connectivity index (χ4n) is 5.22. The lowest BCUT2D eigenvalue weighted by Crippen LogP contribution is -2.45. The van der Waals surface area contributed by atoms with Crippen LogP contribution < -0.4 is 4.90 Å². The standard InChI is InChI=1S/C23H21NO4/c1-13(2)12-18-23-11-10-17(28-23)19(22(26)27)20(23)21(25)24(18)16-9-5-7-14-6-3-4-8-15(14)16/h3-11,17-20H,1,12H2,2H3,(H,26,27)/t17-,18+,19-,20+,23-/m1/s1. The summed E-state index contributed by atoms with van der Waals surface area (Å²) in [4.78, 5) is 27.4. The Labute approximate surface area is 162 Å². The number of carbonyl (C=O) groups is 2. The largest absolute Gasteiger partial charge is 0.481 e. The van der Waals surface area contributed by atoms with E-state index in [4.69, 9.17) is 4.74 Å². The molecule has 5 atom stereocenters. The number of anilines is 1. The van der Waals surface area contributed by atoms with Gasteiger partial charge in [0.05, 0.1) is 23.8 Å². The number of ether oxygens (including phenoxy) is 1. The summed E-state index contributed by atoms with van der Waals surface area (Å²) in [6.07, 6.45) is 3.72. The summed E-state index contributed by atoms with van der Waals surface area (Å²) >= 11 is 0. The van der Waals surface area contributed by atoms with Crippen LogP contribution in [0.3, 0.4) is 0 Å². The van der Waals surface area contributed by atoms with E-state index in [-0.39, 0.29) is 11.9 Å². The van der Waals surface area contributed by atoms with Gasteiger partial charge in [-0.15, -0.1) is 6.58 Å². The molecule has 3 aliphatic heterocycles. The third kappa shape index (κ3) is 2.11. The van der Waals surface area contributed by atoms with E-state index < -0.39 is 29.5 Å². The molecule has 1 N–H and O–H groups in total. The molecule has 0 aliphatic carbocycles. The van der Waals surface area contributed by atoms with Gasteiger partial charge in [-0.3, -0.25) is 9.59 Å². The quantitative estimate of drug-likeness (QED) is 0.830. The van der Waals surface area contributed by atoms with Crippen molar-refractivity contribution in [2.45, 2.75) is 31.1 Å². The molecule has 5 heteroatoms. The molecule has 2 bridgehead atoms. The Morgan fingerprint density at radius 2 is 2.00 bits per heavy atom. The highest BCUT2D eigenvalue weighted by Crippen LogP contribution is 2.57. The number of rotatable bonds is 4. The van der Waals surface area contributed by atoms with E-state index in [2.05, 4.69) is 6.58 Å². The summed E-state index contributed by atoms with van der Waals surface area (Å²) < 4.78 is 6.21. The summed E-state index contributed by atoms with van der Waals surface area (Å²) in [5.41, 5.74) is 0.806. The van der Waals surface area contributed by atoms with Gasteiger partial charge in [-0.05, 0) is 24.8 Å². The third-order valence-electron chi connectivity index (χ3n) is 6.27. The molecule has 142 valence electrons. The molecule has 5 rings (SSSR count). The van der Waals surface area contributed by atoms with Crippen LogP contribution >= 0.6 is 0 Å². The molecule has 5 nitrogen and oxygen atoms in total. The van der Waals surface area contributed by atoms with Gasteiger partial charge in [0.15, 0.2) is 0 Å². The minimum Gasteiger partial charge on any atom is -0.481 e. The average molecular weight is 375 g/mol. The zero-order valence-electron chi connectivity index (χ0n) is 15.5. The highest BCUT2D eigenvalue weighted by atomic mass is 16.5. The first-order valence-corrected chi connectivity index (χ1v) is 9.49. The highest BCUT2D eigenvalue weighted by Gasteiger charge is 2.71. The number of benzene rings is 2. The van der Waals surface area contributed by atoms with E-state index in [0.717, 1.165) is 22.0 Å². The van der Waals surface area contributed by atoms with Crippen LogP contribution in [-0.4, -0.2) is 34.7 Å². The van der Waals surface area contributed by atoms with Crippen molar-refractivity contribution in [1.29, 1.82) is 0 Å². The van der Waals surface area contributed by atoms with E-state index in [1.807, 2.05) is 55.5 Å². The van der Waals surface area contributed by atoms with Crippen LogP contribution in [0.25, 0.3) is 10.8 Å². The van der Waals surface area contributed by atoms with E-state index in [1.54, 1.807) is 11.0 Å². The number of carboxylic acids is 1. The van der Waals surface area contributed by atoms with Gasteiger partial charge < -0.3 is 14.7 Å². The Balaban J connectivity index is 1.71. The second kappa shape index (κ2) is 5.79. The summed E-state index contributed by atoms with van der Waals surface area (Å²) in [5.74, 6) is -2.74. The molecule has 1 spiro atoms. The second-order valence-corrected chi connectivity index (χ2v) is 8.02. The second-order valence-electron chi connectivity index (χ2n) is 8.02. The van der Waals surface area contributed by atoms with E-state index in [0.29, 0.717) is 6.42 Å². The Morgan fingerprint density at radius 3 is 2.75 bits per heavy atom. The number of fused-ring (bicyclic) bond motifs is 2. The zero-order valence-corrected chi connectivity index (χ0v) is 15.5. The molecule has 2 aromatic rings. The Kier molecular flexibility index (Phi) is 3.55. The van der Waals surface area contributed by atoms with Crippen LogP contribution in [0.2, 0.25) is 0 Å². The average Bonchev–Trinajstić information content (AvgIpc) is 3.30. The highest BCUT2D eigenvalue weighted by molar-refractivity contribution is 6.09. The van der Waals surface area contributed by atoms with Crippen molar-refractivity contribution in [1.82, 2.24) is 0 Å². The van der Waals surface area contributed by atoms with Crippen LogP contribution in [0, 0.1) is 11.8 Å². The number of hydrogen-bond donors (Lipinski definition) is 1. The molecule has 1 amide bonds. The van der Waals surface area contributed by atoms with Crippen molar-refractivity contribution in [3.8, 4) is 0 Å². The molecule has 0 saturated carbocycles. The molecule has 2 fully saturated rings. The fourth-order valence-corrected chi connectivity index (χ4v) is 5.22. The minimum absolute atomic E-state index is 0.179. The molecule has 2 saturated heterocycles. The van der Waals surface area contributed by atoms with Crippen molar-refractivity contribution in [2.24, 2.45) is 11.8 Å². The zero-order chi connectivity index (χ0) is 19.6. The lowest BCUT2D eigenvalue weighted by Gasteiger charge is -2.34. The van der Waals surface area contributed by atoms with Crippen molar-refractivity contribution >= 4 is 28.3 Å². The summed E-state index contributed by atoms with van der Waals surface area (Å²) in [5, 5.41) is 11.8. The molecule has 3 aliphatic rings. The smallest absolute Gasteiger partial charge is 0.310 e. The van der Waals surface area contributed by atoms with Gasteiger partial charge in [0.25, 0.3) is 0 Å². The van der Waals surface area contributed by atoms with E-state index >= 15 is 0 Å². The molecule has 28 heavy (non-hydrogen) atoms. The summed E-state index contributed by atoms with van der Waals surface area (Å²) in [6.45, 7) is 5.97. The molecule has 0 unspecified atom stereocenters. The van der Waals surface area contributed by atoms with Crippen molar-refractivity contribution < 1.29 is 19.4 Å². The van der Waals surface area contributed by atoms with Crippen LogP contribution in [0.5, 0.6) is 0 Å². The van der Waals surface area contributed by atoms with Gasteiger partial charge >= 0.3 is 5.97 Å². The van der Waals surface area contributed by atoms with Gasteiger partial charge in [-0.1, -0.05) is 54.1 Å². The Bertz CT molecular complexity index is 1050. The van der Waals surface area contributed by atoms with Crippen molar-refractivity contribution in [3.05, 3.63) is 66.8 Å². The fraction of sp³-hybridized carbons (Fsp3) is 0.304. The molecule has 3 heterocycles. The van der Waals surface area contributed by atoms with Crippen LogP contribution in [0.1, 0.15) is 13.3 Å². The lowest BCUT2D eigenvalue weighted by atomic mass is 9.74. The van der Waals surface area contributed by atoms with Gasteiger partial charge in [-0.2, -0.15) is 0 Å². The van der Waals surface area contributed by atoms with Crippen LogP contribution in [0.15, 0.2) is 66.8 Å². The van der Waals surface area contributed by atoms with Gasteiger partial charge in [0, 0.05) is 5.39 Å².